The summed E-state index contributed by atoms with van der Waals surface area (Å²) < 4.78 is 55.7. The zero-order chi connectivity index (χ0) is 25.2. The summed E-state index contributed by atoms with van der Waals surface area (Å²) in [5, 5.41) is 10.9. The van der Waals surface area contributed by atoms with Gasteiger partial charge in [-0.15, -0.1) is 0 Å². The van der Waals surface area contributed by atoms with Crippen LogP contribution in [0.15, 0.2) is 51.8 Å². The van der Waals surface area contributed by atoms with Crippen LogP contribution < -0.4 is 0 Å². The third-order valence-electron chi connectivity index (χ3n) is 5.68. The summed E-state index contributed by atoms with van der Waals surface area (Å²) in [5.74, 6) is 0.561. The number of aryl methyl sites for hydroxylation is 1. The standard InChI is InChI=1S/C23H22ClFN2O7S/c1-14-21(26-23(33-14)15-5-7-16(25)8-6-15)13-32-18-3-2-4-19(12-18)34-35(30,31)22-11-17(27(28)29)9-10-20(22)24/h5-11,18-19H,2-4,12-13H2,1H3/t18-,19+/m0/s1. The number of oxazole rings is 1. The number of nitrogens with zero attached hydrogens (tertiary/aromatic N) is 2. The molecule has 0 N–H and O–H groups in total. The number of hydrogen-bond donors (Lipinski definition) is 0. The first-order chi connectivity index (χ1) is 16.6. The molecule has 0 radical (unpaired) electrons. The second kappa shape index (κ2) is 10.4. The Balaban J connectivity index is 1.39. The van der Waals surface area contributed by atoms with E-state index in [1.54, 1.807) is 19.1 Å². The number of nitro groups is 1. The van der Waals surface area contributed by atoms with Crippen LogP contribution in [0, 0.1) is 22.9 Å². The second-order valence-corrected chi connectivity index (χ2v) is 10.1. The normalized spacial score (nSPS) is 18.5. The zero-order valence-corrected chi connectivity index (χ0v) is 20.2. The van der Waals surface area contributed by atoms with E-state index in [1.165, 1.54) is 12.1 Å². The van der Waals surface area contributed by atoms with Crippen molar-refractivity contribution >= 4 is 27.4 Å². The summed E-state index contributed by atoms with van der Waals surface area (Å²) in [5.41, 5.74) is 0.824. The number of ether oxygens (including phenoxy) is 1. The lowest BCUT2D eigenvalue weighted by molar-refractivity contribution is -0.385. The molecule has 9 nitrogen and oxygen atoms in total. The summed E-state index contributed by atoms with van der Waals surface area (Å²) in [6, 6.07) is 8.96. The van der Waals surface area contributed by atoms with E-state index in [9.17, 15) is 22.9 Å². The Kier molecular flexibility index (Phi) is 7.50. The van der Waals surface area contributed by atoms with Gasteiger partial charge in [0.25, 0.3) is 15.8 Å². The Morgan fingerprint density at radius 2 is 1.91 bits per heavy atom. The zero-order valence-electron chi connectivity index (χ0n) is 18.6. The first-order valence-electron chi connectivity index (χ1n) is 10.8. The fourth-order valence-corrected chi connectivity index (χ4v) is 5.45. The van der Waals surface area contributed by atoms with Gasteiger partial charge in [-0.2, -0.15) is 8.42 Å². The summed E-state index contributed by atoms with van der Waals surface area (Å²) in [7, 11) is -4.32. The van der Waals surface area contributed by atoms with Crippen molar-refractivity contribution in [1.29, 1.82) is 0 Å². The fourth-order valence-electron chi connectivity index (χ4n) is 3.84. The van der Waals surface area contributed by atoms with E-state index < -0.39 is 31.7 Å². The molecule has 3 aromatic rings. The van der Waals surface area contributed by atoms with Gasteiger partial charge in [-0.25, -0.2) is 9.37 Å². The van der Waals surface area contributed by atoms with Gasteiger partial charge < -0.3 is 9.15 Å². The highest BCUT2D eigenvalue weighted by molar-refractivity contribution is 7.87. The molecule has 0 spiro atoms. The molecule has 0 aliphatic heterocycles. The van der Waals surface area contributed by atoms with E-state index in [0.29, 0.717) is 48.6 Å². The molecule has 0 amide bonds. The molecule has 35 heavy (non-hydrogen) atoms. The van der Waals surface area contributed by atoms with Crippen LogP contribution in [0.5, 0.6) is 0 Å². The van der Waals surface area contributed by atoms with Crippen LogP contribution in [0.25, 0.3) is 11.5 Å². The molecule has 1 saturated carbocycles. The minimum atomic E-state index is -4.32. The van der Waals surface area contributed by atoms with E-state index in [1.807, 2.05) is 0 Å². The Hall–Kier alpha value is -2.86. The maximum absolute atomic E-state index is 13.2. The van der Waals surface area contributed by atoms with Crippen molar-refractivity contribution < 1.29 is 31.1 Å². The predicted octanol–water partition coefficient (Wildman–Crippen LogP) is 5.58. The number of hydrogen-bond acceptors (Lipinski definition) is 8. The molecule has 1 aliphatic rings. The van der Waals surface area contributed by atoms with Gasteiger partial charge in [0.15, 0.2) is 0 Å². The highest BCUT2D eigenvalue weighted by atomic mass is 35.5. The Bertz CT molecular complexity index is 1330. The molecule has 0 unspecified atom stereocenters. The van der Waals surface area contributed by atoms with Crippen LogP contribution in [-0.2, 0) is 25.6 Å². The molecule has 1 fully saturated rings. The van der Waals surface area contributed by atoms with E-state index in [4.69, 9.17) is 24.9 Å². The third-order valence-corrected chi connectivity index (χ3v) is 7.52. The lowest BCUT2D eigenvalue weighted by Crippen LogP contribution is -2.30. The number of benzene rings is 2. The molecule has 186 valence electrons. The molecule has 0 saturated heterocycles. The van der Waals surface area contributed by atoms with E-state index in [2.05, 4.69) is 4.98 Å². The van der Waals surface area contributed by atoms with Gasteiger partial charge in [-0.1, -0.05) is 11.6 Å². The summed E-state index contributed by atoms with van der Waals surface area (Å²) in [6.07, 6.45) is 1.24. The van der Waals surface area contributed by atoms with Crippen LogP contribution in [-0.4, -0.2) is 30.5 Å². The molecular formula is C23H22ClFN2O7S. The van der Waals surface area contributed by atoms with Gasteiger partial charge in [0, 0.05) is 24.1 Å². The van der Waals surface area contributed by atoms with Crippen molar-refractivity contribution in [2.75, 3.05) is 0 Å². The minimum Gasteiger partial charge on any atom is -0.441 e. The third kappa shape index (κ3) is 6.04. The second-order valence-electron chi connectivity index (χ2n) is 8.17. The number of nitro benzene ring substituents is 1. The van der Waals surface area contributed by atoms with Crippen molar-refractivity contribution in [1.82, 2.24) is 4.98 Å². The maximum Gasteiger partial charge on any atom is 0.298 e. The number of aromatic nitrogens is 1. The summed E-state index contributed by atoms with van der Waals surface area (Å²) in [4.78, 5) is 14.3. The van der Waals surface area contributed by atoms with E-state index in [-0.39, 0.29) is 23.6 Å². The molecule has 1 aromatic heterocycles. The number of non-ortho nitro benzene ring substituents is 1. The highest BCUT2D eigenvalue weighted by Gasteiger charge is 2.31. The average molecular weight is 525 g/mol. The highest BCUT2D eigenvalue weighted by Crippen LogP contribution is 2.32. The van der Waals surface area contributed by atoms with E-state index >= 15 is 0 Å². The van der Waals surface area contributed by atoms with Crippen molar-refractivity contribution in [2.24, 2.45) is 0 Å². The first kappa shape index (κ1) is 25.2. The van der Waals surface area contributed by atoms with Crippen molar-refractivity contribution in [3.8, 4) is 11.5 Å². The monoisotopic (exact) mass is 524 g/mol. The quantitative estimate of drug-likeness (QED) is 0.212. The van der Waals surface area contributed by atoms with Crippen LogP contribution in [0.3, 0.4) is 0 Å². The van der Waals surface area contributed by atoms with Crippen molar-refractivity contribution in [2.45, 2.75) is 56.3 Å². The van der Waals surface area contributed by atoms with Gasteiger partial charge in [-0.05, 0) is 56.5 Å². The Labute approximate surface area is 206 Å². The van der Waals surface area contributed by atoms with Crippen molar-refractivity contribution in [3.63, 3.8) is 0 Å². The van der Waals surface area contributed by atoms with Gasteiger partial charge in [-0.3, -0.25) is 14.3 Å². The molecule has 0 bridgehead atoms. The number of halogens is 2. The first-order valence-corrected chi connectivity index (χ1v) is 12.6. The van der Waals surface area contributed by atoms with Gasteiger partial charge in [0.1, 0.15) is 22.2 Å². The average Bonchev–Trinajstić information content (AvgIpc) is 3.18. The van der Waals surface area contributed by atoms with Gasteiger partial charge >= 0.3 is 0 Å². The van der Waals surface area contributed by atoms with Gasteiger partial charge in [0.05, 0.1) is 28.8 Å². The smallest absolute Gasteiger partial charge is 0.298 e. The molecule has 4 rings (SSSR count). The summed E-state index contributed by atoms with van der Waals surface area (Å²) in [6.45, 7) is 1.90. The molecule has 2 atom stereocenters. The Morgan fingerprint density at radius 1 is 1.20 bits per heavy atom. The van der Waals surface area contributed by atoms with Crippen LogP contribution in [0.4, 0.5) is 10.1 Å². The van der Waals surface area contributed by atoms with Crippen LogP contribution in [0.2, 0.25) is 5.02 Å². The largest absolute Gasteiger partial charge is 0.441 e. The molecule has 1 aliphatic carbocycles. The summed E-state index contributed by atoms with van der Waals surface area (Å²) >= 11 is 5.98. The van der Waals surface area contributed by atoms with E-state index in [0.717, 1.165) is 18.2 Å². The molecule has 1 heterocycles. The molecular weight excluding hydrogens is 503 g/mol. The Morgan fingerprint density at radius 3 is 2.63 bits per heavy atom. The molecule has 2 aromatic carbocycles. The minimum absolute atomic E-state index is 0.150. The topological polar surface area (TPSA) is 122 Å². The van der Waals surface area contributed by atoms with Crippen molar-refractivity contribution in [3.05, 3.63) is 74.9 Å². The number of rotatable bonds is 8. The molecule has 12 heteroatoms. The SMILES string of the molecule is Cc1oc(-c2ccc(F)cc2)nc1CO[C@H]1CCC[C@@H](OS(=O)(=O)c2cc([N+](=O)[O-])ccc2Cl)C1. The van der Waals surface area contributed by atoms with Crippen LogP contribution >= 0.6 is 11.6 Å². The fraction of sp³-hybridized carbons (Fsp3) is 0.348. The van der Waals surface area contributed by atoms with Crippen LogP contribution in [0.1, 0.15) is 37.1 Å². The lowest BCUT2D eigenvalue weighted by atomic mass is 9.95. The maximum atomic E-state index is 13.2. The predicted molar refractivity (Wildman–Crippen MR) is 124 cm³/mol. The van der Waals surface area contributed by atoms with Gasteiger partial charge in [0.2, 0.25) is 5.89 Å². The lowest BCUT2D eigenvalue weighted by Gasteiger charge is -2.28.